The van der Waals surface area contributed by atoms with Gasteiger partial charge in [0.05, 0.1) is 18.1 Å². The van der Waals surface area contributed by atoms with E-state index < -0.39 is 5.54 Å². The Bertz CT molecular complexity index is 546. The van der Waals surface area contributed by atoms with Gasteiger partial charge in [0.2, 0.25) is 5.91 Å². The molecule has 0 bridgehead atoms. The van der Waals surface area contributed by atoms with Crippen LogP contribution in [0, 0.1) is 5.92 Å². The van der Waals surface area contributed by atoms with Crippen molar-refractivity contribution in [1.82, 2.24) is 5.32 Å². The molecule has 0 radical (unpaired) electrons. The van der Waals surface area contributed by atoms with Gasteiger partial charge in [-0.2, -0.15) is 0 Å². The highest BCUT2D eigenvalue weighted by molar-refractivity contribution is 5.85. The van der Waals surface area contributed by atoms with Crippen molar-refractivity contribution in [2.24, 2.45) is 11.7 Å². The lowest BCUT2D eigenvalue weighted by atomic mass is 9.74. The Morgan fingerprint density at radius 3 is 2.67 bits per heavy atom. The molecule has 24 heavy (non-hydrogen) atoms. The van der Waals surface area contributed by atoms with E-state index in [-0.39, 0.29) is 36.4 Å². The van der Waals surface area contributed by atoms with Crippen LogP contribution in [0.15, 0.2) is 24.3 Å². The molecule has 1 amide bonds. The van der Waals surface area contributed by atoms with E-state index in [2.05, 4.69) is 5.32 Å². The predicted octanol–water partition coefficient (Wildman–Crippen LogP) is 3.98. The van der Waals surface area contributed by atoms with Crippen molar-refractivity contribution in [3.05, 3.63) is 29.8 Å². The monoisotopic (exact) mass is 354 g/mol. The number of benzene rings is 1. The molecule has 4 nitrogen and oxygen atoms in total. The molecular weight excluding hydrogens is 324 g/mol. The molecule has 0 spiro atoms. The molecule has 1 aromatic rings. The first-order chi connectivity index (χ1) is 10.8. The van der Waals surface area contributed by atoms with E-state index in [1.54, 1.807) is 0 Å². The summed E-state index contributed by atoms with van der Waals surface area (Å²) in [4.78, 5) is 12.6. The number of nitrogens with one attached hydrogen (secondary N) is 1. The summed E-state index contributed by atoms with van der Waals surface area (Å²) in [6.45, 7) is 8.01. The van der Waals surface area contributed by atoms with E-state index in [9.17, 15) is 4.79 Å². The molecule has 2 rings (SSSR count). The van der Waals surface area contributed by atoms with Gasteiger partial charge in [-0.25, -0.2) is 0 Å². The first-order valence-corrected chi connectivity index (χ1v) is 8.65. The van der Waals surface area contributed by atoms with Crippen LogP contribution in [0.25, 0.3) is 0 Å². The summed E-state index contributed by atoms with van der Waals surface area (Å²) in [6, 6.07) is 7.85. The highest BCUT2D eigenvalue weighted by Crippen LogP contribution is 2.32. The van der Waals surface area contributed by atoms with Crippen LogP contribution in [0.3, 0.4) is 0 Å². The summed E-state index contributed by atoms with van der Waals surface area (Å²) in [5.41, 5.74) is 6.98. The Morgan fingerprint density at radius 2 is 2.04 bits per heavy atom. The van der Waals surface area contributed by atoms with Gasteiger partial charge in [-0.1, -0.05) is 25.0 Å². The minimum absolute atomic E-state index is 0. The lowest BCUT2D eigenvalue weighted by Crippen LogP contribution is -2.53. The highest BCUT2D eigenvalue weighted by Gasteiger charge is 2.38. The minimum atomic E-state index is -0.398. The maximum Gasteiger partial charge on any atom is 0.225 e. The lowest BCUT2D eigenvalue weighted by molar-refractivity contribution is -0.128. The fourth-order valence-electron chi connectivity index (χ4n) is 3.32. The Balaban J connectivity index is 0.00000288. The lowest BCUT2D eigenvalue weighted by Gasteiger charge is -2.37. The SMILES string of the molecule is CC(C)Oc1cccc(C(C)NC(=O)C2CCCCC2(C)N)c1.Cl. The number of hydrogen-bond acceptors (Lipinski definition) is 3. The third kappa shape index (κ3) is 5.38. The normalized spacial score (nSPS) is 24.8. The maximum absolute atomic E-state index is 12.6. The third-order valence-electron chi connectivity index (χ3n) is 4.66. The van der Waals surface area contributed by atoms with E-state index >= 15 is 0 Å². The first kappa shape index (κ1) is 20.8. The molecule has 5 heteroatoms. The quantitative estimate of drug-likeness (QED) is 0.840. The first-order valence-electron chi connectivity index (χ1n) is 8.65. The fourth-order valence-corrected chi connectivity index (χ4v) is 3.32. The second-order valence-electron chi connectivity index (χ2n) is 7.27. The highest BCUT2D eigenvalue weighted by atomic mass is 35.5. The zero-order valence-electron chi connectivity index (χ0n) is 15.2. The second kappa shape index (κ2) is 8.72. The molecule has 1 aromatic carbocycles. The average Bonchev–Trinajstić information content (AvgIpc) is 2.46. The summed E-state index contributed by atoms with van der Waals surface area (Å²) in [6.07, 6.45) is 4.12. The molecule has 1 saturated carbocycles. The predicted molar refractivity (Wildman–Crippen MR) is 101 cm³/mol. The standard InChI is InChI=1S/C19H30N2O2.ClH/c1-13(2)23-16-9-7-8-15(12-16)14(3)21-18(22)17-10-5-6-11-19(17,4)20;/h7-9,12-14,17H,5-6,10-11,20H2,1-4H3,(H,21,22);1H. The number of rotatable bonds is 5. The van der Waals surface area contributed by atoms with Crippen molar-refractivity contribution in [2.75, 3.05) is 0 Å². The number of nitrogens with two attached hydrogens (primary N) is 1. The van der Waals surface area contributed by atoms with Crippen molar-refractivity contribution in [1.29, 1.82) is 0 Å². The second-order valence-corrected chi connectivity index (χ2v) is 7.27. The zero-order chi connectivity index (χ0) is 17.0. The van der Waals surface area contributed by atoms with E-state index in [1.807, 2.05) is 52.0 Å². The average molecular weight is 355 g/mol. The fraction of sp³-hybridized carbons (Fsp3) is 0.632. The molecular formula is C19H31ClN2O2. The van der Waals surface area contributed by atoms with Gasteiger partial charge >= 0.3 is 0 Å². The van der Waals surface area contributed by atoms with Crippen LogP contribution in [-0.4, -0.2) is 17.6 Å². The topological polar surface area (TPSA) is 64.3 Å². The molecule has 3 unspecified atom stereocenters. The van der Waals surface area contributed by atoms with Gasteiger partial charge in [-0.15, -0.1) is 12.4 Å². The van der Waals surface area contributed by atoms with E-state index in [1.165, 1.54) is 0 Å². The summed E-state index contributed by atoms with van der Waals surface area (Å²) in [7, 11) is 0. The number of hydrogen-bond donors (Lipinski definition) is 2. The maximum atomic E-state index is 12.6. The van der Waals surface area contributed by atoms with Crippen molar-refractivity contribution in [3.8, 4) is 5.75 Å². The van der Waals surface area contributed by atoms with Crippen LogP contribution in [-0.2, 0) is 4.79 Å². The smallest absolute Gasteiger partial charge is 0.225 e. The number of halogens is 1. The number of amides is 1. The molecule has 0 heterocycles. The molecule has 0 aromatic heterocycles. The number of ether oxygens (including phenoxy) is 1. The van der Waals surface area contributed by atoms with Crippen LogP contribution in [0.2, 0.25) is 0 Å². The Morgan fingerprint density at radius 1 is 1.33 bits per heavy atom. The van der Waals surface area contributed by atoms with Gasteiger partial charge in [-0.05, 0) is 58.2 Å². The van der Waals surface area contributed by atoms with Gasteiger partial charge < -0.3 is 15.8 Å². The molecule has 1 aliphatic rings. The molecule has 3 atom stereocenters. The van der Waals surface area contributed by atoms with Crippen molar-refractivity contribution < 1.29 is 9.53 Å². The van der Waals surface area contributed by atoms with E-state index in [0.717, 1.165) is 37.0 Å². The van der Waals surface area contributed by atoms with Crippen LogP contribution >= 0.6 is 12.4 Å². The zero-order valence-corrected chi connectivity index (χ0v) is 16.0. The van der Waals surface area contributed by atoms with Gasteiger partial charge in [0.15, 0.2) is 0 Å². The minimum Gasteiger partial charge on any atom is -0.491 e. The van der Waals surface area contributed by atoms with Gasteiger partial charge in [0.1, 0.15) is 5.75 Å². The van der Waals surface area contributed by atoms with Crippen LogP contribution in [0.1, 0.15) is 65.0 Å². The Kier molecular flexibility index (Phi) is 7.56. The van der Waals surface area contributed by atoms with Crippen molar-refractivity contribution >= 4 is 18.3 Å². The molecule has 1 fully saturated rings. The number of carbonyl (C=O) groups is 1. The van der Waals surface area contributed by atoms with Gasteiger partial charge in [-0.3, -0.25) is 4.79 Å². The molecule has 1 aliphatic carbocycles. The summed E-state index contributed by atoms with van der Waals surface area (Å²) < 4.78 is 5.73. The van der Waals surface area contributed by atoms with Gasteiger partial charge in [0.25, 0.3) is 0 Å². The van der Waals surface area contributed by atoms with Crippen molar-refractivity contribution in [2.45, 2.75) is 71.1 Å². The largest absolute Gasteiger partial charge is 0.491 e. The molecule has 0 saturated heterocycles. The van der Waals surface area contributed by atoms with Gasteiger partial charge in [0, 0.05) is 5.54 Å². The molecule has 3 N–H and O–H groups in total. The Hall–Kier alpha value is -1.26. The van der Waals surface area contributed by atoms with E-state index in [0.29, 0.717) is 0 Å². The summed E-state index contributed by atoms with van der Waals surface area (Å²) in [5.74, 6) is 0.797. The van der Waals surface area contributed by atoms with Crippen LogP contribution in [0.4, 0.5) is 0 Å². The molecule has 0 aliphatic heterocycles. The van der Waals surface area contributed by atoms with Crippen molar-refractivity contribution in [3.63, 3.8) is 0 Å². The summed E-state index contributed by atoms with van der Waals surface area (Å²) in [5, 5.41) is 3.13. The van der Waals surface area contributed by atoms with E-state index in [4.69, 9.17) is 10.5 Å². The summed E-state index contributed by atoms with van der Waals surface area (Å²) >= 11 is 0. The third-order valence-corrected chi connectivity index (χ3v) is 4.66. The molecule has 136 valence electrons. The Labute approximate surface area is 151 Å². The number of carbonyl (C=O) groups excluding carboxylic acids is 1. The van der Waals surface area contributed by atoms with Crippen LogP contribution in [0.5, 0.6) is 5.75 Å². The van der Waals surface area contributed by atoms with Crippen LogP contribution < -0.4 is 15.8 Å².